The topological polar surface area (TPSA) is 29.3 Å². The van der Waals surface area contributed by atoms with Crippen molar-refractivity contribution in [3.63, 3.8) is 0 Å². The minimum absolute atomic E-state index is 0.147. The number of hydrogen-bond donors (Lipinski definition) is 1. The third-order valence-electron chi connectivity index (χ3n) is 1.41. The first kappa shape index (κ1) is 11.4. The summed E-state index contributed by atoms with van der Waals surface area (Å²) >= 11 is 0. The molecule has 0 amide bonds. The quantitative estimate of drug-likeness (QED) is 0.607. The molecule has 0 saturated carbocycles. The molecule has 2 heteroatoms. The summed E-state index contributed by atoms with van der Waals surface area (Å²) in [7, 11) is 0. The predicted molar refractivity (Wildman–Crippen MR) is 55.1 cm³/mol. The Balaban J connectivity index is 3.93. The maximum absolute atomic E-state index is 5.89. The fourth-order valence-corrected chi connectivity index (χ4v) is 1.15. The highest BCUT2D eigenvalue weighted by Crippen LogP contribution is 2.01. The molecule has 0 aromatic carbocycles. The van der Waals surface area contributed by atoms with Crippen LogP contribution in [-0.2, 0) is 0 Å². The molecule has 0 aromatic heterocycles. The van der Waals surface area contributed by atoms with Gasteiger partial charge >= 0.3 is 0 Å². The molecule has 0 unspecified atom stereocenters. The molecule has 0 atom stereocenters. The summed E-state index contributed by atoms with van der Waals surface area (Å²) in [5, 5.41) is 0. The van der Waals surface area contributed by atoms with Crippen molar-refractivity contribution in [1.82, 2.24) is 4.90 Å². The van der Waals surface area contributed by atoms with Crippen molar-refractivity contribution in [3.8, 4) is 0 Å². The highest BCUT2D eigenvalue weighted by Gasteiger charge is 2.14. The minimum Gasteiger partial charge on any atom is -0.324 e. The lowest BCUT2D eigenvalue weighted by molar-refractivity contribution is 0.269. The van der Waals surface area contributed by atoms with Gasteiger partial charge in [-0.25, -0.2) is 0 Å². The number of nitrogens with two attached hydrogens (primary N) is 1. The van der Waals surface area contributed by atoms with E-state index in [4.69, 9.17) is 5.73 Å². The fraction of sp³-hybridized carbons (Fsp3) is 0.600. The van der Waals surface area contributed by atoms with E-state index in [1.807, 2.05) is 26.0 Å². The van der Waals surface area contributed by atoms with E-state index in [1.165, 1.54) is 0 Å². The van der Waals surface area contributed by atoms with Gasteiger partial charge < -0.3 is 5.73 Å². The molecule has 12 heavy (non-hydrogen) atoms. The zero-order chi connectivity index (χ0) is 9.61. The van der Waals surface area contributed by atoms with Crippen LogP contribution in [0.4, 0.5) is 0 Å². The minimum atomic E-state index is -0.147. The van der Waals surface area contributed by atoms with E-state index in [0.717, 1.165) is 19.6 Å². The molecule has 0 aromatic rings. The molecule has 0 aliphatic rings. The van der Waals surface area contributed by atoms with Crippen LogP contribution in [0.5, 0.6) is 0 Å². The van der Waals surface area contributed by atoms with Crippen LogP contribution in [0.15, 0.2) is 25.3 Å². The van der Waals surface area contributed by atoms with Crippen LogP contribution in [0.3, 0.4) is 0 Å². The monoisotopic (exact) mass is 168 g/mol. The standard InChI is InChI=1S/C10H20N2/c1-5-7-12(8-6-2)9-10(3,4)11/h5-6H,1-2,7-9,11H2,3-4H3. The van der Waals surface area contributed by atoms with E-state index in [9.17, 15) is 0 Å². The zero-order valence-electron chi connectivity index (χ0n) is 8.21. The van der Waals surface area contributed by atoms with E-state index in [-0.39, 0.29) is 5.54 Å². The molecule has 0 spiro atoms. The average molecular weight is 168 g/mol. The maximum atomic E-state index is 5.89. The third kappa shape index (κ3) is 6.13. The van der Waals surface area contributed by atoms with Gasteiger partial charge in [-0.05, 0) is 13.8 Å². The molecule has 0 rings (SSSR count). The summed E-state index contributed by atoms with van der Waals surface area (Å²) in [5.74, 6) is 0. The molecule has 0 saturated heterocycles. The summed E-state index contributed by atoms with van der Waals surface area (Å²) in [5.41, 5.74) is 5.74. The van der Waals surface area contributed by atoms with Crippen molar-refractivity contribution in [2.45, 2.75) is 19.4 Å². The van der Waals surface area contributed by atoms with Crippen LogP contribution in [0.25, 0.3) is 0 Å². The first-order chi connectivity index (χ1) is 5.49. The molecule has 0 fully saturated rings. The Morgan fingerprint density at radius 1 is 1.25 bits per heavy atom. The van der Waals surface area contributed by atoms with Crippen molar-refractivity contribution in [2.24, 2.45) is 5.73 Å². The summed E-state index contributed by atoms with van der Waals surface area (Å²) in [4.78, 5) is 2.21. The van der Waals surface area contributed by atoms with E-state index in [0.29, 0.717) is 0 Å². The summed E-state index contributed by atoms with van der Waals surface area (Å²) < 4.78 is 0. The fourth-order valence-electron chi connectivity index (χ4n) is 1.15. The SMILES string of the molecule is C=CCN(CC=C)CC(C)(C)N. The highest BCUT2D eigenvalue weighted by molar-refractivity contribution is 4.85. The second-order valence-corrected chi connectivity index (χ2v) is 3.76. The summed E-state index contributed by atoms with van der Waals surface area (Å²) in [6.45, 7) is 14.0. The lowest BCUT2D eigenvalue weighted by Gasteiger charge is -2.27. The van der Waals surface area contributed by atoms with Gasteiger partial charge in [-0.15, -0.1) is 13.2 Å². The second-order valence-electron chi connectivity index (χ2n) is 3.76. The third-order valence-corrected chi connectivity index (χ3v) is 1.41. The van der Waals surface area contributed by atoms with Gasteiger partial charge in [0.15, 0.2) is 0 Å². The Morgan fingerprint density at radius 2 is 1.67 bits per heavy atom. The van der Waals surface area contributed by atoms with Crippen LogP contribution in [-0.4, -0.2) is 30.1 Å². The molecule has 2 N–H and O–H groups in total. The summed E-state index contributed by atoms with van der Waals surface area (Å²) in [6, 6.07) is 0. The molecular weight excluding hydrogens is 148 g/mol. The van der Waals surface area contributed by atoms with E-state index >= 15 is 0 Å². The lowest BCUT2D eigenvalue weighted by Crippen LogP contribution is -2.45. The molecule has 0 radical (unpaired) electrons. The smallest absolute Gasteiger partial charge is 0.0226 e. The first-order valence-electron chi connectivity index (χ1n) is 4.22. The average Bonchev–Trinajstić information content (AvgIpc) is 1.84. The highest BCUT2D eigenvalue weighted by atomic mass is 15.1. The Morgan fingerprint density at radius 3 is 1.92 bits per heavy atom. The molecular formula is C10H20N2. The first-order valence-corrected chi connectivity index (χ1v) is 4.22. The van der Waals surface area contributed by atoms with E-state index < -0.39 is 0 Å². The van der Waals surface area contributed by atoms with Gasteiger partial charge in [0.05, 0.1) is 0 Å². The predicted octanol–water partition coefficient (Wildman–Crippen LogP) is 1.40. The van der Waals surface area contributed by atoms with Crippen LogP contribution in [0.2, 0.25) is 0 Å². The summed E-state index contributed by atoms with van der Waals surface area (Å²) in [6.07, 6.45) is 3.77. The van der Waals surface area contributed by atoms with Gasteiger partial charge in [0.2, 0.25) is 0 Å². The molecule has 0 aliphatic heterocycles. The van der Waals surface area contributed by atoms with Gasteiger partial charge in [0.1, 0.15) is 0 Å². The molecule has 2 nitrogen and oxygen atoms in total. The van der Waals surface area contributed by atoms with E-state index in [1.54, 1.807) is 0 Å². The van der Waals surface area contributed by atoms with Crippen LogP contribution in [0, 0.1) is 0 Å². The van der Waals surface area contributed by atoms with Gasteiger partial charge in [-0.3, -0.25) is 4.90 Å². The van der Waals surface area contributed by atoms with Crippen molar-refractivity contribution in [1.29, 1.82) is 0 Å². The number of hydrogen-bond acceptors (Lipinski definition) is 2. The maximum Gasteiger partial charge on any atom is 0.0226 e. The van der Waals surface area contributed by atoms with Crippen LogP contribution < -0.4 is 5.73 Å². The van der Waals surface area contributed by atoms with E-state index in [2.05, 4.69) is 18.1 Å². The van der Waals surface area contributed by atoms with Crippen molar-refractivity contribution in [3.05, 3.63) is 25.3 Å². The van der Waals surface area contributed by atoms with Gasteiger partial charge in [0, 0.05) is 25.2 Å². The van der Waals surface area contributed by atoms with Crippen molar-refractivity contribution < 1.29 is 0 Å². The van der Waals surface area contributed by atoms with Gasteiger partial charge in [0.25, 0.3) is 0 Å². The Labute approximate surface area is 75.7 Å². The van der Waals surface area contributed by atoms with Gasteiger partial charge in [-0.2, -0.15) is 0 Å². The Hall–Kier alpha value is -0.600. The second kappa shape index (κ2) is 5.12. The van der Waals surface area contributed by atoms with Crippen LogP contribution >= 0.6 is 0 Å². The molecule has 0 bridgehead atoms. The normalized spacial score (nSPS) is 11.7. The molecule has 0 heterocycles. The Kier molecular flexibility index (Phi) is 4.86. The van der Waals surface area contributed by atoms with Gasteiger partial charge in [-0.1, -0.05) is 12.2 Å². The molecule has 0 aliphatic carbocycles. The zero-order valence-corrected chi connectivity index (χ0v) is 8.21. The van der Waals surface area contributed by atoms with Crippen LogP contribution in [0.1, 0.15) is 13.8 Å². The molecule has 70 valence electrons. The lowest BCUT2D eigenvalue weighted by atomic mass is 10.1. The van der Waals surface area contributed by atoms with Crippen molar-refractivity contribution >= 4 is 0 Å². The largest absolute Gasteiger partial charge is 0.324 e. The van der Waals surface area contributed by atoms with Crippen molar-refractivity contribution in [2.75, 3.05) is 19.6 Å². The number of nitrogens with zero attached hydrogens (tertiary/aromatic N) is 1. The number of rotatable bonds is 6. The Bertz CT molecular complexity index is 134.